The summed E-state index contributed by atoms with van der Waals surface area (Å²) in [6, 6.07) is 0. The zero-order valence-electron chi connectivity index (χ0n) is 8.87. The fraction of sp³-hybridized carbons (Fsp3) is 0.900. The molecule has 1 saturated heterocycles. The van der Waals surface area contributed by atoms with E-state index in [1.54, 1.807) is 0 Å². The Hall–Kier alpha value is -0.570. The minimum atomic E-state index is -0.649. The van der Waals surface area contributed by atoms with Crippen LogP contribution in [0.25, 0.3) is 0 Å². The first-order valence-corrected chi connectivity index (χ1v) is 4.73. The van der Waals surface area contributed by atoms with E-state index in [0.29, 0.717) is 6.54 Å². The summed E-state index contributed by atoms with van der Waals surface area (Å²) in [6.45, 7) is 7.95. The molecule has 1 fully saturated rings. The van der Waals surface area contributed by atoms with Crippen molar-refractivity contribution in [2.24, 2.45) is 17.3 Å². The summed E-state index contributed by atoms with van der Waals surface area (Å²) in [7, 11) is 1.99. The van der Waals surface area contributed by atoms with Gasteiger partial charge in [0.1, 0.15) is 0 Å². The minimum Gasteiger partial charge on any atom is -0.481 e. The van der Waals surface area contributed by atoms with Crippen LogP contribution < -0.4 is 0 Å². The van der Waals surface area contributed by atoms with Crippen molar-refractivity contribution in [3.63, 3.8) is 0 Å². The molecule has 0 aromatic heterocycles. The van der Waals surface area contributed by atoms with Crippen LogP contribution in [-0.4, -0.2) is 36.1 Å². The summed E-state index contributed by atoms with van der Waals surface area (Å²) in [5, 5.41) is 9.04. The standard InChI is InChI=1S/C10H19NO2/c1-10(2,3)8-6-11(4)5-7(8)9(12)13/h7-8H,5-6H2,1-4H3,(H,12,13). The lowest BCUT2D eigenvalue weighted by Gasteiger charge is -2.29. The fourth-order valence-electron chi connectivity index (χ4n) is 2.13. The topological polar surface area (TPSA) is 40.5 Å². The fourth-order valence-corrected chi connectivity index (χ4v) is 2.13. The molecule has 1 aliphatic rings. The van der Waals surface area contributed by atoms with Gasteiger partial charge in [-0.1, -0.05) is 20.8 Å². The van der Waals surface area contributed by atoms with Gasteiger partial charge in [-0.05, 0) is 18.4 Å². The molecule has 1 N–H and O–H groups in total. The highest BCUT2D eigenvalue weighted by Crippen LogP contribution is 2.37. The van der Waals surface area contributed by atoms with Gasteiger partial charge in [0.15, 0.2) is 0 Å². The third-order valence-electron chi connectivity index (χ3n) is 2.93. The van der Waals surface area contributed by atoms with Gasteiger partial charge in [0.05, 0.1) is 5.92 Å². The predicted octanol–water partition coefficient (Wildman–Crippen LogP) is 1.29. The van der Waals surface area contributed by atoms with Gasteiger partial charge in [-0.3, -0.25) is 4.79 Å². The van der Waals surface area contributed by atoms with Gasteiger partial charge in [-0.25, -0.2) is 0 Å². The highest BCUT2D eigenvalue weighted by molar-refractivity contribution is 5.71. The molecule has 2 atom stereocenters. The summed E-state index contributed by atoms with van der Waals surface area (Å²) >= 11 is 0. The van der Waals surface area contributed by atoms with Crippen LogP contribution in [0.1, 0.15) is 20.8 Å². The molecule has 0 spiro atoms. The van der Waals surface area contributed by atoms with Crippen molar-refractivity contribution in [3.8, 4) is 0 Å². The monoisotopic (exact) mass is 185 g/mol. The lowest BCUT2D eigenvalue weighted by atomic mass is 9.75. The molecule has 0 aromatic carbocycles. The smallest absolute Gasteiger partial charge is 0.308 e. The molecule has 2 unspecified atom stereocenters. The Kier molecular flexibility index (Phi) is 2.66. The molecular weight excluding hydrogens is 166 g/mol. The van der Waals surface area contributed by atoms with Gasteiger partial charge in [0.2, 0.25) is 0 Å². The van der Waals surface area contributed by atoms with Crippen LogP contribution in [0, 0.1) is 17.3 Å². The van der Waals surface area contributed by atoms with Crippen molar-refractivity contribution in [2.45, 2.75) is 20.8 Å². The number of aliphatic carboxylic acids is 1. The summed E-state index contributed by atoms with van der Waals surface area (Å²) in [5.41, 5.74) is 0.0911. The summed E-state index contributed by atoms with van der Waals surface area (Å²) < 4.78 is 0. The van der Waals surface area contributed by atoms with E-state index in [1.807, 2.05) is 7.05 Å². The van der Waals surface area contributed by atoms with E-state index in [2.05, 4.69) is 25.7 Å². The first-order chi connectivity index (χ1) is 5.82. The van der Waals surface area contributed by atoms with Crippen LogP contribution >= 0.6 is 0 Å². The normalized spacial score (nSPS) is 30.8. The SMILES string of the molecule is CN1CC(C(=O)O)C(C(C)(C)C)C1. The zero-order valence-corrected chi connectivity index (χ0v) is 8.87. The molecule has 1 aliphatic heterocycles. The average Bonchev–Trinajstić information content (AvgIpc) is 2.29. The highest BCUT2D eigenvalue weighted by atomic mass is 16.4. The van der Waals surface area contributed by atoms with Crippen molar-refractivity contribution in [1.82, 2.24) is 4.90 Å². The molecule has 0 radical (unpaired) electrons. The minimum absolute atomic E-state index is 0.0911. The van der Waals surface area contributed by atoms with Crippen LogP contribution in [0.15, 0.2) is 0 Å². The van der Waals surface area contributed by atoms with Gasteiger partial charge < -0.3 is 10.0 Å². The second kappa shape index (κ2) is 3.29. The largest absolute Gasteiger partial charge is 0.481 e. The van der Waals surface area contributed by atoms with Crippen LogP contribution in [0.3, 0.4) is 0 Å². The van der Waals surface area contributed by atoms with Crippen molar-refractivity contribution in [3.05, 3.63) is 0 Å². The molecule has 3 heteroatoms. The van der Waals surface area contributed by atoms with Gasteiger partial charge in [-0.2, -0.15) is 0 Å². The second-order valence-electron chi connectivity index (χ2n) is 5.14. The Morgan fingerprint density at radius 1 is 1.38 bits per heavy atom. The number of nitrogens with zero attached hydrogens (tertiary/aromatic N) is 1. The quantitative estimate of drug-likeness (QED) is 0.669. The number of carboxylic acids is 1. The molecule has 0 bridgehead atoms. The van der Waals surface area contributed by atoms with Crippen LogP contribution in [-0.2, 0) is 4.79 Å². The van der Waals surface area contributed by atoms with Crippen LogP contribution in [0.4, 0.5) is 0 Å². The Morgan fingerprint density at radius 2 is 1.92 bits per heavy atom. The van der Waals surface area contributed by atoms with Gasteiger partial charge >= 0.3 is 5.97 Å². The van der Waals surface area contributed by atoms with E-state index < -0.39 is 5.97 Å². The van der Waals surface area contributed by atoms with E-state index >= 15 is 0 Å². The summed E-state index contributed by atoms with van der Waals surface area (Å²) in [5.74, 6) is -0.565. The number of carboxylic acid groups (broad SMARTS) is 1. The Balaban J connectivity index is 2.78. The van der Waals surface area contributed by atoms with Gasteiger partial charge in [0.25, 0.3) is 0 Å². The second-order valence-corrected chi connectivity index (χ2v) is 5.14. The number of carbonyl (C=O) groups is 1. The Morgan fingerprint density at radius 3 is 2.23 bits per heavy atom. The Bertz CT molecular complexity index is 207. The molecule has 76 valence electrons. The molecular formula is C10H19NO2. The van der Waals surface area contributed by atoms with Crippen molar-refractivity contribution in [2.75, 3.05) is 20.1 Å². The maximum absolute atomic E-state index is 11.0. The molecule has 13 heavy (non-hydrogen) atoms. The molecule has 3 nitrogen and oxygen atoms in total. The lowest BCUT2D eigenvalue weighted by Crippen LogP contribution is -2.31. The summed E-state index contributed by atoms with van der Waals surface area (Å²) in [4.78, 5) is 13.1. The van der Waals surface area contributed by atoms with E-state index in [4.69, 9.17) is 5.11 Å². The van der Waals surface area contributed by atoms with E-state index in [1.165, 1.54) is 0 Å². The van der Waals surface area contributed by atoms with Crippen molar-refractivity contribution >= 4 is 5.97 Å². The molecule has 0 aliphatic carbocycles. The highest BCUT2D eigenvalue weighted by Gasteiger charge is 2.42. The zero-order chi connectivity index (χ0) is 10.2. The molecule has 1 rings (SSSR count). The number of hydrogen-bond donors (Lipinski definition) is 1. The average molecular weight is 185 g/mol. The third kappa shape index (κ3) is 2.21. The molecule has 0 saturated carbocycles. The lowest BCUT2D eigenvalue weighted by molar-refractivity contribution is -0.143. The molecule has 1 heterocycles. The first kappa shape index (κ1) is 10.5. The maximum atomic E-state index is 11.0. The van der Waals surface area contributed by atoms with E-state index in [-0.39, 0.29) is 17.3 Å². The Labute approximate surface area is 79.7 Å². The predicted molar refractivity (Wildman–Crippen MR) is 51.6 cm³/mol. The third-order valence-corrected chi connectivity index (χ3v) is 2.93. The molecule has 0 amide bonds. The number of rotatable bonds is 1. The number of likely N-dealkylation sites (tertiary alicyclic amines) is 1. The van der Waals surface area contributed by atoms with Crippen molar-refractivity contribution in [1.29, 1.82) is 0 Å². The van der Waals surface area contributed by atoms with E-state index in [0.717, 1.165) is 6.54 Å². The summed E-state index contributed by atoms with van der Waals surface area (Å²) in [6.07, 6.45) is 0. The van der Waals surface area contributed by atoms with Crippen molar-refractivity contribution < 1.29 is 9.90 Å². The molecule has 0 aromatic rings. The van der Waals surface area contributed by atoms with Crippen LogP contribution in [0.5, 0.6) is 0 Å². The first-order valence-electron chi connectivity index (χ1n) is 4.73. The van der Waals surface area contributed by atoms with Gasteiger partial charge in [0, 0.05) is 13.1 Å². The maximum Gasteiger partial charge on any atom is 0.308 e. The number of hydrogen-bond acceptors (Lipinski definition) is 2. The van der Waals surface area contributed by atoms with E-state index in [9.17, 15) is 4.79 Å². The van der Waals surface area contributed by atoms with Crippen LogP contribution in [0.2, 0.25) is 0 Å². The van der Waals surface area contributed by atoms with Gasteiger partial charge in [-0.15, -0.1) is 0 Å².